The van der Waals surface area contributed by atoms with Gasteiger partial charge in [-0.25, -0.2) is 4.39 Å². The minimum absolute atomic E-state index is 0.00394. The fourth-order valence-electron chi connectivity index (χ4n) is 1.76. The number of nitrogens with zero attached hydrogens (tertiary/aromatic N) is 2. The second kappa shape index (κ2) is 9.85. The standard InChI is InChI=1S/C15H18FN3O2S3/c1-3-6-17-13(20)9-23-15-19-18-14(24-15)22-8-10-7-11(16)4-5-12(10)21-2/h4-5,7H,3,6,8-9H2,1-2H3,(H,17,20). The first-order chi connectivity index (χ1) is 11.6. The van der Waals surface area contributed by atoms with Crippen LogP contribution < -0.4 is 10.1 Å². The van der Waals surface area contributed by atoms with Gasteiger partial charge in [0.05, 0.1) is 12.9 Å². The fraction of sp³-hybridized carbons (Fsp3) is 0.400. The highest BCUT2D eigenvalue weighted by Crippen LogP contribution is 2.32. The van der Waals surface area contributed by atoms with E-state index in [-0.39, 0.29) is 11.7 Å². The molecule has 0 aliphatic rings. The molecule has 2 aromatic rings. The van der Waals surface area contributed by atoms with Crippen molar-refractivity contribution < 1.29 is 13.9 Å². The molecule has 0 aliphatic carbocycles. The number of methoxy groups -OCH3 is 1. The Morgan fingerprint density at radius 3 is 2.79 bits per heavy atom. The zero-order valence-electron chi connectivity index (χ0n) is 13.4. The van der Waals surface area contributed by atoms with E-state index in [0.717, 1.165) is 20.7 Å². The van der Waals surface area contributed by atoms with E-state index < -0.39 is 0 Å². The number of ether oxygens (including phenoxy) is 1. The predicted molar refractivity (Wildman–Crippen MR) is 96.4 cm³/mol. The highest BCUT2D eigenvalue weighted by molar-refractivity contribution is 8.03. The lowest BCUT2D eigenvalue weighted by Crippen LogP contribution is -2.25. The SMILES string of the molecule is CCCNC(=O)CSc1nnc(SCc2cc(F)ccc2OC)s1. The highest BCUT2D eigenvalue weighted by atomic mass is 32.2. The van der Waals surface area contributed by atoms with Gasteiger partial charge in [0.15, 0.2) is 8.68 Å². The number of carbonyl (C=O) groups excluding carboxylic acids is 1. The first-order valence-electron chi connectivity index (χ1n) is 7.30. The molecule has 5 nitrogen and oxygen atoms in total. The summed E-state index contributed by atoms with van der Waals surface area (Å²) in [7, 11) is 1.56. The molecule has 0 atom stereocenters. The molecule has 0 fully saturated rings. The number of halogens is 1. The van der Waals surface area contributed by atoms with Crippen molar-refractivity contribution in [2.45, 2.75) is 27.8 Å². The van der Waals surface area contributed by atoms with Crippen LogP contribution in [-0.2, 0) is 10.5 Å². The highest BCUT2D eigenvalue weighted by Gasteiger charge is 2.10. The van der Waals surface area contributed by atoms with Crippen LogP contribution in [0.5, 0.6) is 5.75 Å². The summed E-state index contributed by atoms with van der Waals surface area (Å²) >= 11 is 4.26. The first-order valence-corrected chi connectivity index (χ1v) is 10.1. The summed E-state index contributed by atoms with van der Waals surface area (Å²) in [6.07, 6.45) is 0.916. The molecule has 0 spiro atoms. The summed E-state index contributed by atoms with van der Waals surface area (Å²) in [5.41, 5.74) is 0.769. The number of aromatic nitrogens is 2. The van der Waals surface area contributed by atoms with Crippen molar-refractivity contribution in [1.82, 2.24) is 15.5 Å². The Hall–Kier alpha value is -1.32. The van der Waals surface area contributed by atoms with Gasteiger partial charge < -0.3 is 10.1 Å². The third-order valence-electron chi connectivity index (χ3n) is 2.88. The van der Waals surface area contributed by atoms with Crippen molar-refractivity contribution in [3.05, 3.63) is 29.6 Å². The van der Waals surface area contributed by atoms with Crippen molar-refractivity contribution in [2.75, 3.05) is 19.4 Å². The molecule has 1 heterocycles. The summed E-state index contributed by atoms with van der Waals surface area (Å²) in [5.74, 6) is 1.22. The summed E-state index contributed by atoms with van der Waals surface area (Å²) in [4.78, 5) is 11.6. The van der Waals surface area contributed by atoms with Crippen LogP contribution in [0.25, 0.3) is 0 Å². The van der Waals surface area contributed by atoms with Gasteiger partial charge >= 0.3 is 0 Å². The predicted octanol–water partition coefficient (Wildman–Crippen LogP) is 3.60. The maximum absolute atomic E-state index is 13.3. The van der Waals surface area contributed by atoms with Crippen molar-refractivity contribution in [3.8, 4) is 5.75 Å². The number of thioether (sulfide) groups is 2. The van der Waals surface area contributed by atoms with Gasteiger partial charge in [-0.1, -0.05) is 41.8 Å². The van der Waals surface area contributed by atoms with E-state index in [1.165, 1.54) is 47.0 Å². The first kappa shape index (κ1) is 19.0. The topological polar surface area (TPSA) is 64.1 Å². The maximum atomic E-state index is 13.3. The average molecular weight is 388 g/mol. The van der Waals surface area contributed by atoms with Gasteiger partial charge in [-0.2, -0.15) is 0 Å². The van der Waals surface area contributed by atoms with Crippen LogP contribution in [0.3, 0.4) is 0 Å². The van der Waals surface area contributed by atoms with Crippen molar-refractivity contribution in [3.63, 3.8) is 0 Å². The number of hydrogen-bond acceptors (Lipinski definition) is 7. The second-order valence-corrected chi connectivity index (χ2v) is 8.14. The average Bonchev–Trinajstić information content (AvgIpc) is 3.04. The van der Waals surface area contributed by atoms with Crippen LogP contribution in [0.4, 0.5) is 4.39 Å². The molecule has 2 rings (SSSR count). The van der Waals surface area contributed by atoms with Crippen molar-refractivity contribution in [1.29, 1.82) is 0 Å². The van der Waals surface area contributed by atoms with Crippen molar-refractivity contribution >= 4 is 40.8 Å². The van der Waals surface area contributed by atoms with Gasteiger partial charge in [0, 0.05) is 17.9 Å². The molecule has 130 valence electrons. The van der Waals surface area contributed by atoms with E-state index in [1.54, 1.807) is 13.2 Å². The largest absolute Gasteiger partial charge is 0.496 e. The molecule has 1 N–H and O–H groups in total. The quantitative estimate of drug-likeness (QED) is 0.664. The Morgan fingerprint density at radius 2 is 2.08 bits per heavy atom. The molecule has 0 bridgehead atoms. The lowest BCUT2D eigenvalue weighted by Gasteiger charge is -2.06. The van der Waals surface area contributed by atoms with E-state index in [0.29, 0.717) is 23.8 Å². The normalized spacial score (nSPS) is 10.6. The van der Waals surface area contributed by atoms with E-state index in [9.17, 15) is 9.18 Å². The van der Waals surface area contributed by atoms with Crippen LogP contribution in [0, 0.1) is 5.82 Å². The molecule has 1 aromatic carbocycles. The van der Waals surface area contributed by atoms with E-state index >= 15 is 0 Å². The molecular weight excluding hydrogens is 369 g/mol. The maximum Gasteiger partial charge on any atom is 0.230 e. The smallest absolute Gasteiger partial charge is 0.230 e. The Morgan fingerprint density at radius 1 is 1.33 bits per heavy atom. The molecule has 1 aromatic heterocycles. The van der Waals surface area contributed by atoms with Gasteiger partial charge in [0.1, 0.15) is 11.6 Å². The van der Waals surface area contributed by atoms with Gasteiger partial charge in [-0.15, -0.1) is 10.2 Å². The molecule has 0 saturated carbocycles. The lowest BCUT2D eigenvalue weighted by molar-refractivity contribution is -0.118. The van der Waals surface area contributed by atoms with Gasteiger partial charge in [0.25, 0.3) is 0 Å². The summed E-state index contributed by atoms with van der Waals surface area (Å²) < 4.78 is 20.1. The van der Waals surface area contributed by atoms with Crippen LogP contribution in [-0.4, -0.2) is 35.5 Å². The van der Waals surface area contributed by atoms with Crippen LogP contribution in [0.15, 0.2) is 26.9 Å². The Balaban J connectivity index is 1.86. The molecule has 0 radical (unpaired) electrons. The summed E-state index contributed by atoms with van der Waals surface area (Å²) in [6, 6.07) is 4.44. The van der Waals surface area contributed by atoms with Crippen LogP contribution in [0.2, 0.25) is 0 Å². The zero-order valence-corrected chi connectivity index (χ0v) is 15.8. The molecule has 0 aliphatic heterocycles. The molecule has 24 heavy (non-hydrogen) atoms. The van der Waals surface area contributed by atoms with Gasteiger partial charge in [0.2, 0.25) is 5.91 Å². The summed E-state index contributed by atoms with van der Waals surface area (Å²) in [5, 5.41) is 11.0. The Kier molecular flexibility index (Phi) is 7.80. The van der Waals surface area contributed by atoms with E-state index in [2.05, 4.69) is 15.5 Å². The molecule has 1 amide bonds. The van der Waals surface area contributed by atoms with Crippen molar-refractivity contribution in [2.24, 2.45) is 0 Å². The molecule has 9 heteroatoms. The number of rotatable bonds is 9. The minimum atomic E-state index is -0.294. The van der Waals surface area contributed by atoms with Crippen LogP contribution in [0.1, 0.15) is 18.9 Å². The third-order valence-corrected chi connectivity index (χ3v) is 6.12. The monoisotopic (exact) mass is 387 g/mol. The van der Waals surface area contributed by atoms with Gasteiger partial charge in [-0.05, 0) is 24.6 Å². The zero-order chi connectivity index (χ0) is 17.4. The number of benzene rings is 1. The fourth-order valence-corrected chi connectivity index (χ4v) is 4.58. The van der Waals surface area contributed by atoms with Gasteiger partial charge in [-0.3, -0.25) is 4.79 Å². The van der Waals surface area contributed by atoms with E-state index in [1.807, 2.05) is 6.92 Å². The lowest BCUT2D eigenvalue weighted by atomic mass is 10.2. The number of nitrogens with one attached hydrogen (secondary N) is 1. The number of hydrogen-bond donors (Lipinski definition) is 1. The second-order valence-electron chi connectivity index (χ2n) is 4.72. The number of amides is 1. The minimum Gasteiger partial charge on any atom is -0.496 e. The Bertz CT molecular complexity index is 682. The molecule has 0 unspecified atom stereocenters. The summed E-state index contributed by atoms with van der Waals surface area (Å²) in [6.45, 7) is 2.70. The molecular formula is C15H18FN3O2S3. The molecule has 0 saturated heterocycles. The Labute approximate surface area is 152 Å². The van der Waals surface area contributed by atoms with E-state index in [4.69, 9.17) is 4.74 Å². The number of carbonyl (C=O) groups is 1. The third kappa shape index (κ3) is 5.95. The van der Waals surface area contributed by atoms with Crippen LogP contribution >= 0.6 is 34.9 Å².